The number of amides is 1. The molecule has 7 nitrogen and oxygen atoms in total. The zero-order valence-corrected chi connectivity index (χ0v) is 10.8. The third kappa shape index (κ3) is 3.19. The van der Waals surface area contributed by atoms with Crippen LogP contribution in [0.4, 0.5) is 4.79 Å². The van der Waals surface area contributed by atoms with Crippen molar-refractivity contribution >= 4 is 34.5 Å². The van der Waals surface area contributed by atoms with Crippen LogP contribution in [0.1, 0.15) is 12.5 Å². The molecule has 2 N–H and O–H groups in total. The number of carbonyl (C=O) groups is 2. The predicted molar refractivity (Wildman–Crippen MR) is 68.1 cm³/mol. The fraction of sp³-hybridized carbons (Fsp3) is 0.273. The molecule has 1 aromatic heterocycles. The van der Waals surface area contributed by atoms with Gasteiger partial charge in [0.15, 0.2) is 5.78 Å². The summed E-state index contributed by atoms with van der Waals surface area (Å²) in [6.45, 7) is 1.58. The lowest BCUT2D eigenvalue weighted by atomic mass is 10.2. The van der Waals surface area contributed by atoms with Gasteiger partial charge in [0.05, 0.1) is 0 Å². The number of rotatable bonds is 4. The number of hydrogen-bond acceptors (Lipinski definition) is 4. The number of carbonyl (C=O) groups excluding carboxylic acids is 1. The van der Waals surface area contributed by atoms with Gasteiger partial charge in [-0.3, -0.25) is 4.79 Å². The summed E-state index contributed by atoms with van der Waals surface area (Å²) in [6.07, 6.45) is -1.13. The maximum absolute atomic E-state index is 11.0. The van der Waals surface area contributed by atoms with E-state index in [1.54, 1.807) is 12.1 Å². The number of aromatic nitrogens is 3. The van der Waals surface area contributed by atoms with Crippen LogP contribution in [0, 0.1) is 0 Å². The van der Waals surface area contributed by atoms with E-state index < -0.39 is 6.09 Å². The Labute approximate surface area is 113 Å². The Bertz CT molecular complexity index is 653. The maximum atomic E-state index is 11.0. The minimum absolute atomic E-state index is 0.0676. The molecule has 0 aliphatic carbocycles. The second-order valence-corrected chi connectivity index (χ2v) is 4.46. The molecule has 0 spiro atoms. The Hall–Kier alpha value is -2.15. The summed E-state index contributed by atoms with van der Waals surface area (Å²) < 4.78 is 0. The number of ketones is 1. The SMILES string of the molecule is CC(=O)Cn1nc2cc(Cl)cc(CNC(=O)O)c2n1. The maximum Gasteiger partial charge on any atom is 0.404 e. The van der Waals surface area contributed by atoms with Crippen LogP contribution in [0.15, 0.2) is 12.1 Å². The Morgan fingerprint density at radius 1 is 1.42 bits per heavy atom. The van der Waals surface area contributed by atoms with Gasteiger partial charge in [0.1, 0.15) is 17.6 Å². The number of fused-ring (bicyclic) bond motifs is 1. The molecule has 2 rings (SSSR count). The fourth-order valence-electron chi connectivity index (χ4n) is 1.67. The van der Waals surface area contributed by atoms with E-state index in [2.05, 4.69) is 15.5 Å². The molecule has 0 fully saturated rings. The van der Waals surface area contributed by atoms with Crippen molar-refractivity contribution < 1.29 is 14.7 Å². The molecule has 0 saturated heterocycles. The molecule has 0 aliphatic heterocycles. The fourth-order valence-corrected chi connectivity index (χ4v) is 1.90. The predicted octanol–water partition coefficient (Wildman–Crippen LogP) is 1.44. The van der Waals surface area contributed by atoms with Crippen molar-refractivity contribution in [3.8, 4) is 0 Å². The van der Waals surface area contributed by atoms with Crippen LogP contribution >= 0.6 is 11.6 Å². The van der Waals surface area contributed by atoms with E-state index in [1.807, 2.05) is 0 Å². The van der Waals surface area contributed by atoms with E-state index in [0.29, 0.717) is 21.6 Å². The standard InChI is InChI=1S/C11H11ClN4O3/c1-6(17)5-16-14-9-3-8(12)2-7(10(9)15-16)4-13-11(18)19/h2-3,13H,4-5H2,1H3,(H,18,19). The molecule has 100 valence electrons. The normalized spacial score (nSPS) is 10.6. The second-order valence-electron chi connectivity index (χ2n) is 4.02. The third-order valence-corrected chi connectivity index (χ3v) is 2.58. The quantitative estimate of drug-likeness (QED) is 0.884. The number of Topliss-reactive ketones (excluding diaryl/α,β-unsaturated/α-hetero) is 1. The first-order valence-electron chi connectivity index (χ1n) is 5.45. The molecule has 0 unspecified atom stereocenters. The number of benzene rings is 1. The molecule has 0 aliphatic rings. The van der Waals surface area contributed by atoms with Gasteiger partial charge in [-0.05, 0) is 19.1 Å². The Morgan fingerprint density at radius 3 is 2.79 bits per heavy atom. The smallest absolute Gasteiger partial charge is 0.404 e. The van der Waals surface area contributed by atoms with Crippen LogP contribution in [0.25, 0.3) is 11.0 Å². The lowest BCUT2D eigenvalue weighted by Gasteiger charge is -2.02. The van der Waals surface area contributed by atoms with Crippen LogP contribution in [-0.2, 0) is 17.9 Å². The summed E-state index contributed by atoms with van der Waals surface area (Å²) in [7, 11) is 0. The first-order valence-corrected chi connectivity index (χ1v) is 5.83. The summed E-state index contributed by atoms with van der Waals surface area (Å²) in [5, 5.41) is 19.6. The van der Waals surface area contributed by atoms with Crippen LogP contribution in [0.3, 0.4) is 0 Å². The summed E-state index contributed by atoms with van der Waals surface area (Å²) in [5.74, 6) is -0.0726. The summed E-state index contributed by atoms with van der Waals surface area (Å²) in [4.78, 5) is 22.8. The Kier molecular flexibility index (Phi) is 3.66. The minimum Gasteiger partial charge on any atom is -0.465 e. The van der Waals surface area contributed by atoms with E-state index in [4.69, 9.17) is 16.7 Å². The van der Waals surface area contributed by atoms with Gasteiger partial charge >= 0.3 is 6.09 Å². The van der Waals surface area contributed by atoms with Gasteiger partial charge in [-0.1, -0.05) is 11.6 Å². The number of nitrogens with zero attached hydrogens (tertiary/aromatic N) is 3. The van der Waals surface area contributed by atoms with Gasteiger partial charge in [0.25, 0.3) is 0 Å². The molecule has 8 heteroatoms. The van der Waals surface area contributed by atoms with Crippen LogP contribution in [-0.4, -0.2) is 32.0 Å². The van der Waals surface area contributed by atoms with Crippen LogP contribution in [0.5, 0.6) is 0 Å². The molecule has 0 bridgehead atoms. The van der Waals surface area contributed by atoms with Gasteiger partial charge in [-0.25, -0.2) is 4.79 Å². The number of nitrogens with one attached hydrogen (secondary N) is 1. The largest absolute Gasteiger partial charge is 0.465 e. The summed E-state index contributed by atoms with van der Waals surface area (Å²) in [5.41, 5.74) is 1.66. The van der Waals surface area contributed by atoms with Gasteiger partial charge in [0.2, 0.25) is 0 Å². The molecule has 19 heavy (non-hydrogen) atoms. The average molecular weight is 283 g/mol. The van der Waals surface area contributed by atoms with Crippen molar-refractivity contribution in [1.29, 1.82) is 0 Å². The van der Waals surface area contributed by atoms with Gasteiger partial charge < -0.3 is 10.4 Å². The molecule has 0 radical (unpaired) electrons. The Morgan fingerprint density at radius 2 is 2.16 bits per heavy atom. The van der Waals surface area contributed by atoms with Crippen LogP contribution in [0.2, 0.25) is 5.02 Å². The topological polar surface area (TPSA) is 97.1 Å². The Balaban J connectivity index is 2.41. The molecule has 0 saturated carbocycles. The highest BCUT2D eigenvalue weighted by molar-refractivity contribution is 6.31. The monoisotopic (exact) mass is 282 g/mol. The molecular formula is C11H11ClN4O3. The zero-order chi connectivity index (χ0) is 14.0. The van der Waals surface area contributed by atoms with Crippen molar-refractivity contribution in [2.24, 2.45) is 0 Å². The zero-order valence-electron chi connectivity index (χ0n) is 10.1. The van der Waals surface area contributed by atoms with Gasteiger partial charge in [-0.15, -0.1) is 0 Å². The van der Waals surface area contributed by atoms with Crippen molar-refractivity contribution in [2.45, 2.75) is 20.0 Å². The lowest BCUT2D eigenvalue weighted by Crippen LogP contribution is -2.20. The van der Waals surface area contributed by atoms with Crippen molar-refractivity contribution in [3.63, 3.8) is 0 Å². The molecule has 0 atom stereocenters. The van der Waals surface area contributed by atoms with Gasteiger partial charge in [0, 0.05) is 17.1 Å². The van der Waals surface area contributed by atoms with Crippen molar-refractivity contribution in [2.75, 3.05) is 0 Å². The third-order valence-electron chi connectivity index (χ3n) is 2.37. The van der Waals surface area contributed by atoms with E-state index >= 15 is 0 Å². The van der Waals surface area contributed by atoms with Crippen molar-refractivity contribution in [1.82, 2.24) is 20.3 Å². The first kappa shape index (κ1) is 13.3. The number of halogens is 1. The highest BCUT2D eigenvalue weighted by Crippen LogP contribution is 2.21. The molecule has 1 heterocycles. The van der Waals surface area contributed by atoms with Crippen LogP contribution < -0.4 is 5.32 Å². The van der Waals surface area contributed by atoms with E-state index in [0.717, 1.165) is 0 Å². The lowest BCUT2D eigenvalue weighted by molar-refractivity contribution is -0.117. The second kappa shape index (κ2) is 5.23. The molecule has 1 amide bonds. The molecular weight excluding hydrogens is 272 g/mol. The van der Waals surface area contributed by atoms with E-state index in [1.165, 1.54) is 11.7 Å². The van der Waals surface area contributed by atoms with E-state index in [9.17, 15) is 9.59 Å². The highest BCUT2D eigenvalue weighted by atomic mass is 35.5. The first-order chi connectivity index (χ1) is 8.95. The number of carboxylic acid groups (broad SMARTS) is 1. The molecule has 1 aromatic carbocycles. The highest BCUT2D eigenvalue weighted by Gasteiger charge is 2.11. The minimum atomic E-state index is -1.13. The summed E-state index contributed by atoms with van der Waals surface area (Å²) >= 11 is 5.93. The summed E-state index contributed by atoms with van der Waals surface area (Å²) in [6, 6.07) is 3.23. The molecule has 2 aromatic rings. The average Bonchev–Trinajstić information content (AvgIpc) is 2.66. The van der Waals surface area contributed by atoms with E-state index in [-0.39, 0.29) is 18.9 Å². The van der Waals surface area contributed by atoms with Crippen molar-refractivity contribution in [3.05, 3.63) is 22.7 Å². The number of hydrogen-bond donors (Lipinski definition) is 2. The van der Waals surface area contributed by atoms with Gasteiger partial charge in [-0.2, -0.15) is 15.0 Å².